The molecule has 2 heterocycles. The Labute approximate surface area is 184 Å². The molecule has 7 nitrogen and oxygen atoms in total. The number of nitrogens with one attached hydrogen (secondary N) is 1. The number of benzene rings is 2. The number of amides is 1. The van der Waals surface area contributed by atoms with Crippen LogP contribution in [-0.2, 0) is 9.53 Å². The van der Waals surface area contributed by atoms with E-state index in [9.17, 15) is 14.9 Å². The van der Waals surface area contributed by atoms with E-state index in [1.165, 1.54) is 0 Å². The summed E-state index contributed by atoms with van der Waals surface area (Å²) in [5.41, 5.74) is 3.55. The van der Waals surface area contributed by atoms with E-state index in [2.05, 4.69) is 16.4 Å². The number of hydrogen-bond donors (Lipinski definition) is 1. The molecule has 0 aliphatic heterocycles. The average molecular weight is 424 g/mol. The van der Waals surface area contributed by atoms with Gasteiger partial charge in [-0.15, -0.1) is 0 Å². The van der Waals surface area contributed by atoms with E-state index >= 15 is 0 Å². The van der Waals surface area contributed by atoms with Crippen LogP contribution in [-0.4, -0.2) is 28.0 Å². The number of carbonyl (C=O) groups excluding carboxylic acids is 2. The molecule has 0 fully saturated rings. The topological polar surface area (TPSA) is 97.0 Å². The standard InChI is InChI=1S/C25H20N4O3/c1-16-17(2)29(19-9-4-3-5-10-19)24(20(16)14-26)28-23(30)15-32-25(31)22-13-12-18-8-6-7-11-21(18)27-22/h3-13H,15H2,1-2H3,(H,28,30). The molecule has 32 heavy (non-hydrogen) atoms. The lowest BCUT2D eigenvalue weighted by molar-refractivity contribution is -0.119. The van der Waals surface area contributed by atoms with E-state index in [1.54, 1.807) is 22.8 Å². The third-order valence-corrected chi connectivity index (χ3v) is 5.24. The summed E-state index contributed by atoms with van der Waals surface area (Å²) in [6.07, 6.45) is 0. The summed E-state index contributed by atoms with van der Waals surface area (Å²) in [5, 5.41) is 13.3. The molecule has 1 N–H and O–H groups in total. The minimum atomic E-state index is -0.697. The Morgan fingerprint density at radius 3 is 2.50 bits per heavy atom. The third kappa shape index (κ3) is 3.94. The molecule has 0 saturated heterocycles. The fourth-order valence-electron chi connectivity index (χ4n) is 3.51. The number of esters is 1. The minimum absolute atomic E-state index is 0.119. The first-order chi connectivity index (χ1) is 15.5. The van der Waals surface area contributed by atoms with Crippen molar-refractivity contribution in [1.82, 2.24) is 9.55 Å². The van der Waals surface area contributed by atoms with Crippen molar-refractivity contribution in [2.45, 2.75) is 13.8 Å². The lowest BCUT2D eigenvalue weighted by Gasteiger charge is -2.13. The maximum atomic E-state index is 12.6. The summed E-state index contributed by atoms with van der Waals surface area (Å²) in [6.45, 7) is 3.20. The Morgan fingerprint density at radius 1 is 1.03 bits per heavy atom. The summed E-state index contributed by atoms with van der Waals surface area (Å²) in [6, 6.07) is 22.3. The lowest BCUT2D eigenvalue weighted by Crippen LogP contribution is -2.23. The third-order valence-electron chi connectivity index (χ3n) is 5.24. The van der Waals surface area contributed by atoms with Gasteiger partial charge in [-0.05, 0) is 43.7 Å². The van der Waals surface area contributed by atoms with Crippen LogP contribution in [0.2, 0.25) is 0 Å². The molecule has 0 saturated carbocycles. The highest BCUT2D eigenvalue weighted by atomic mass is 16.5. The zero-order valence-corrected chi connectivity index (χ0v) is 17.6. The number of nitriles is 1. The van der Waals surface area contributed by atoms with Gasteiger partial charge in [-0.2, -0.15) is 5.26 Å². The smallest absolute Gasteiger partial charge is 0.357 e. The molecule has 158 valence electrons. The van der Waals surface area contributed by atoms with Crippen molar-refractivity contribution in [3.8, 4) is 11.8 Å². The van der Waals surface area contributed by atoms with Gasteiger partial charge in [0.25, 0.3) is 5.91 Å². The second kappa shape index (κ2) is 8.74. The van der Waals surface area contributed by atoms with Crippen molar-refractivity contribution < 1.29 is 14.3 Å². The van der Waals surface area contributed by atoms with E-state index in [1.807, 2.05) is 62.4 Å². The van der Waals surface area contributed by atoms with Gasteiger partial charge in [-0.25, -0.2) is 9.78 Å². The molecule has 0 unspecified atom stereocenters. The molecule has 0 aliphatic carbocycles. The van der Waals surface area contributed by atoms with Crippen molar-refractivity contribution >= 4 is 28.6 Å². The Balaban J connectivity index is 1.52. The van der Waals surface area contributed by atoms with Crippen molar-refractivity contribution in [2.75, 3.05) is 11.9 Å². The van der Waals surface area contributed by atoms with E-state index in [0.29, 0.717) is 16.9 Å². The highest BCUT2D eigenvalue weighted by molar-refractivity contribution is 5.96. The van der Waals surface area contributed by atoms with Crippen molar-refractivity contribution in [3.05, 3.63) is 89.2 Å². The van der Waals surface area contributed by atoms with Crippen LogP contribution in [0.5, 0.6) is 0 Å². The van der Waals surface area contributed by atoms with Gasteiger partial charge in [-0.1, -0.05) is 42.5 Å². The summed E-state index contributed by atoms with van der Waals surface area (Å²) < 4.78 is 6.97. The molecule has 0 spiro atoms. The molecule has 7 heteroatoms. The fraction of sp³-hybridized carbons (Fsp3) is 0.120. The molecule has 4 aromatic rings. The largest absolute Gasteiger partial charge is 0.451 e. The Hall–Kier alpha value is -4.44. The number of rotatable bonds is 5. The van der Waals surface area contributed by atoms with Crippen molar-refractivity contribution in [2.24, 2.45) is 0 Å². The van der Waals surface area contributed by atoms with E-state index in [0.717, 1.165) is 22.3 Å². The zero-order valence-electron chi connectivity index (χ0n) is 17.6. The monoisotopic (exact) mass is 424 g/mol. The molecular weight excluding hydrogens is 404 g/mol. The number of pyridine rings is 1. The first-order valence-corrected chi connectivity index (χ1v) is 9.99. The van der Waals surface area contributed by atoms with E-state index in [4.69, 9.17) is 4.74 Å². The van der Waals surface area contributed by atoms with Crippen LogP contribution in [0.3, 0.4) is 0 Å². The lowest BCUT2D eigenvalue weighted by atomic mass is 10.2. The van der Waals surface area contributed by atoms with Gasteiger partial charge in [0.2, 0.25) is 0 Å². The molecule has 2 aromatic heterocycles. The number of fused-ring (bicyclic) bond motifs is 1. The number of hydrogen-bond acceptors (Lipinski definition) is 5. The van der Waals surface area contributed by atoms with Crippen LogP contribution in [0.1, 0.15) is 27.3 Å². The van der Waals surface area contributed by atoms with Gasteiger partial charge in [0, 0.05) is 16.8 Å². The fourth-order valence-corrected chi connectivity index (χ4v) is 3.51. The van der Waals surface area contributed by atoms with Crippen LogP contribution >= 0.6 is 0 Å². The SMILES string of the molecule is Cc1c(C#N)c(NC(=O)COC(=O)c2ccc3ccccc3n2)n(-c2ccccc2)c1C. The Morgan fingerprint density at radius 2 is 1.75 bits per heavy atom. The van der Waals surface area contributed by atoms with Gasteiger partial charge >= 0.3 is 5.97 Å². The van der Waals surface area contributed by atoms with Crippen LogP contribution < -0.4 is 5.32 Å². The summed E-state index contributed by atoms with van der Waals surface area (Å²) in [5.74, 6) is -0.902. The van der Waals surface area contributed by atoms with Gasteiger partial charge in [0.1, 0.15) is 17.6 Å². The summed E-state index contributed by atoms with van der Waals surface area (Å²) in [4.78, 5) is 29.3. The Kier molecular flexibility index (Phi) is 5.69. The molecule has 1 amide bonds. The molecule has 0 atom stereocenters. The van der Waals surface area contributed by atoms with Crippen molar-refractivity contribution in [3.63, 3.8) is 0 Å². The number of anilines is 1. The van der Waals surface area contributed by atoms with E-state index < -0.39 is 18.5 Å². The predicted octanol–water partition coefficient (Wildman–Crippen LogP) is 4.31. The number of aromatic nitrogens is 2. The minimum Gasteiger partial charge on any atom is -0.451 e. The normalized spacial score (nSPS) is 10.5. The number of nitrogens with zero attached hydrogens (tertiary/aromatic N) is 3. The molecular formula is C25H20N4O3. The van der Waals surface area contributed by atoms with Gasteiger partial charge in [0.05, 0.1) is 11.1 Å². The molecule has 4 rings (SSSR count). The highest BCUT2D eigenvalue weighted by Crippen LogP contribution is 2.29. The zero-order chi connectivity index (χ0) is 22.7. The maximum absolute atomic E-state index is 12.6. The van der Waals surface area contributed by atoms with Crippen LogP contribution in [0.4, 0.5) is 5.82 Å². The molecule has 0 aliphatic rings. The number of para-hydroxylation sites is 2. The quantitative estimate of drug-likeness (QED) is 0.482. The first kappa shape index (κ1) is 20.8. The van der Waals surface area contributed by atoms with Crippen LogP contribution in [0, 0.1) is 25.2 Å². The average Bonchev–Trinajstić information content (AvgIpc) is 3.06. The highest BCUT2D eigenvalue weighted by Gasteiger charge is 2.21. The summed E-state index contributed by atoms with van der Waals surface area (Å²) >= 11 is 0. The van der Waals surface area contributed by atoms with Crippen molar-refractivity contribution in [1.29, 1.82) is 5.26 Å². The summed E-state index contributed by atoms with van der Waals surface area (Å²) in [7, 11) is 0. The first-order valence-electron chi connectivity index (χ1n) is 9.99. The maximum Gasteiger partial charge on any atom is 0.357 e. The van der Waals surface area contributed by atoms with Gasteiger partial charge < -0.3 is 10.1 Å². The second-order valence-corrected chi connectivity index (χ2v) is 7.23. The predicted molar refractivity (Wildman–Crippen MR) is 121 cm³/mol. The molecule has 2 aromatic carbocycles. The Bertz CT molecular complexity index is 1370. The van der Waals surface area contributed by atoms with Crippen LogP contribution in [0.25, 0.3) is 16.6 Å². The molecule has 0 bridgehead atoms. The van der Waals surface area contributed by atoms with Crippen LogP contribution in [0.15, 0.2) is 66.7 Å². The van der Waals surface area contributed by atoms with Gasteiger partial charge in [-0.3, -0.25) is 9.36 Å². The molecule has 0 radical (unpaired) electrons. The van der Waals surface area contributed by atoms with Gasteiger partial charge in [0.15, 0.2) is 6.61 Å². The number of carbonyl (C=O) groups is 2. The second-order valence-electron chi connectivity index (χ2n) is 7.23. The van der Waals surface area contributed by atoms with E-state index in [-0.39, 0.29) is 5.69 Å². The number of ether oxygens (including phenoxy) is 1.